The van der Waals surface area contributed by atoms with Crippen LogP contribution >= 0.6 is 0 Å². The zero-order chi connectivity index (χ0) is 17.0. The highest BCUT2D eigenvalue weighted by molar-refractivity contribution is 7.91. The molecule has 0 N–H and O–H groups in total. The topological polar surface area (TPSA) is 109 Å². The van der Waals surface area contributed by atoms with Gasteiger partial charge in [0.25, 0.3) is 11.2 Å². The van der Waals surface area contributed by atoms with Gasteiger partial charge >= 0.3 is 0 Å². The number of nitro groups is 1. The fraction of sp³-hybridized carbons (Fsp3) is 0.214. The van der Waals surface area contributed by atoms with Crippen molar-refractivity contribution < 1.29 is 18.1 Å². The molecule has 0 saturated heterocycles. The van der Waals surface area contributed by atoms with Crippen LogP contribution in [0.5, 0.6) is 5.75 Å². The summed E-state index contributed by atoms with van der Waals surface area (Å²) in [7, 11) is -2.23. The molecule has 0 atom stereocenters. The first-order chi connectivity index (χ1) is 10.8. The van der Waals surface area contributed by atoms with E-state index in [0.717, 1.165) is 22.9 Å². The molecule has 0 spiro atoms. The minimum absolute atomic E-state index is 0.0651. The van der Waals surface area contributed by atoms with Crippen molar-refractivity contribution in [2.75, 3.05) is 12.9 Å². The zero-order valence-corrected chi connectivity index (χ0v) is 13.0. The summed E-state index contributed by atoms with van der Waals surface area (Å²) in [5.74, 6) is 0.0416. The molecule has 0 aliphatic heterocycles. The smallest absolute Gasteiger partial charge is 0.285 e. The van der Waals surface area contributed by atoms with E-state index >= 15 is 0 Å². The van der Waals surface area contributed by atoms with E-state index in [1.165, 1.54) is 19.2 Å². The van der Waals surface area contributed by atoms with Crippen LogP contribution in [0.15, 0.2) is 52.3 Å². The number of ether oxygens (including phenoxy) is 1. The van der Waals surface area contributed by atoms with Crippen LogP contribution in [-0.2, 0) is 16.4 Å². The van der Waals surface area contributed by atoms with Gasteiger partial charge in [0.1, 0.15) is 5.75 Å². The van der Waals surface area contributed by atoms with Crippen LogP contribution in [0.25, 0.3) is 0 Å². The molecule has 0 radical (unpaired) electrons. The zero-order valence-electron chi connectivity index (χ0n) is 12.2. The van der Waals surface area contributed by atoms with E-state index in [1.807, 2.05) is 0 Å². The monoisotopic (exact) mass is 338 g/mol. The Morgan fingerprint density at radius 1 is 1.26 bits per heavy atom. The third kappa shape index (κ3) is 3.95. The lowest BCUT2D eigenvalue weighted by molar-refractivity contribution is -0.385. The second kappa shape index (κ2) is 6.61. The van der Waals surface area contributed by atoms with E-state index < -0.39 is 20.3 Å². The molecule has 23 heavy (non-hydrogen) atoms. The molecule has 2 aromatic rings. The average molecular weight is 338 g/mol. The Bertz CT molecular complexity index is 888. The number of sulfone groups is 1. The lowest BCUT2D eigenvalue weighted by Gasteiger charge is -2.08. The van der Waals surface area contributed by atoms with Gasteiger partial charge in [-0.15, -0.1) is 0 Å². The highest BCUT2D eigenvalue weighted by Gasteiger charge is 2.16. The van der Waals surface area contributed by atoms with E-state index in [4.69, 9.17) is 4.74 Å². The number of benzene rings is 1. The van der Waals surface area contributed by atoms with E-state index in [1.54, 1.807) is 12.1 Å². The third-order valence-electron chi connectivity index (χ3n) is 3.18. The SMILES string of the molecule is COc1cccc(S(=O)(=O)CCn2cc([N+](=O)[O-])ccc2=O)c1. The van der Waals surface area contributed by atoms with E-state index in [2.05, 4.69) is 0 Å². The molecule has 0 aliphatic carbocycles. The highest BCUT2D eigenvalue weighted by Crippen LogP contribution is 2.18. The number of aryl methyl sites for hydroxylation is 1. The van der Waals surface area contributed by atoms with Gasteiger partial charge in [-0.1, -0.05) is 6.07 Å². The van der Waals surface area contributed by atoms with Gasteiger partial charge in [0.05, 0.1) is 28.9 Å². The Morgan fingerprint density at radius 2 is 2.00 bits per heavy atom. The van der Waals surface area contributed by atoms with Crippen LogP contribution in [0.3, 0.4) is 0 Å². The lowest BCUT2D eigenvalue weighted by Crippen LogP contribution is -2.23. The molecule has 9 heteroatoms. The lowest BCUT2D eigenvalue weighted by atomic mass is 10.3. The van der Waals surface area contributed by atoms with Crippen LogP contribution in [0.4, 0.5) is 5.69 Å². The maximum atomic E-state index is 12.3. The number of aromatic nitrogens is 1. The second-order valence-electron chi connectivity index (χ2n) is 4.67. The van der Waals surface area contributed by atoms with Gasteiger partial charge < -0.3 is 9.30 Å². The molecule has 1 aromatic carbocycles. The molecule has 122 valence electrons. The number of hydrogen-bond donors (Lipinski definition) is 0. The molecule has 0 bridgehead atoms. The van der Waals surface area contributed by atoms with E-state index in [-0.39, 0.29) is 22.9 Å². The summed E-state index contributed by atoms with van der Waals surface area (Å²) in [4.78, 5) is 21.8. The normalized spacial score (nSPS) is 11.2. The minimum atomic E-state index is -3.65. The summed E-state index contributed by atoms with van der Waals surface area (Å²) < 4.78 is 30.6. The van der Waals surface area contributed by atoms with Gasteiger partial charge in [-0.25, -0.2) is 8.42 Å². The summed E-state index contributed by atoms with van der Waals surface area (Å²) >= 11 is 0. The first-order valence-corrected chi connectivity index (χ1v) is 8.20. The van der Waals surface area contributed by atoms with Crippen LogP contribution in [0.1, 0.15) is 0 Å². The molecule has 0 unspecified atom stereocenters. The van der Waals surface area contributed by atoms with Crippen molar-refractivity contribution in [2.45, 2.75) is 11.4 Å². The molecular formula is C14H14N2O6S. The van der Waals surface area contributed by atoms with Crippen LogP contribution in [0, 0.1) is 10.1 Å². The molecule has 1 heterocycles. The first kappa shape index (κ1) is 16.7. The van der Waals surface area contributed by atoms with Crippen molar-refractivity contribution in [3.63, 3.8) is 0 Å². The van der Waals surface area contributed by atoms with Gasteiger partial charge in [0.2, 0.25) is 0 Å². The molecule has 8 nitrogen and oxygen atoms in total. The third-order valence-corrected chi connectivity index (χ3v) is 4.87. The largest absolute Gasteiger partial charge is 0.497 e. The molecule has 1 aromatic heterocycles. The number of methoxy groups -OCH3 is 1. The summed E-state index contributed by atoms with van der Waals surface area (Å²) in [6, 6.07) is 8.08. The first-order valence-electron chi connectivity index (χ1n) is 6.55. The van der Waals surface area contributed by atoms with Gasteiger partial charge in [-0.05, 0) is 18.2 Å². The molecular weight excluding hydrogens is 324 g/mol. The van der Waals surface area contributed by atoms with Crippen LogP contribution < -0.4 is 10.3 Å². The quantitative estimate of drug-likeness (QED) is 0.579. The van der Waals surface area contributed by atoms with Crippen LogP contribution in [-0.4, -0.2) is 30.8 Å². The average Bonchev–Trinajstić information content (AvgIpc) is 2.54. The Kier molecular flexibility index (Phi) is 4.80. The maximum absolute atomic E-state index is 12.3. The van der Waals surface area contributed by atoms with Gasteiger partial charge in [-0.3, -0.25) is 14.9 Å². The maximum Gasteiger partial charge on any atom is 0.285 e. The Labute approximate surface area is 132 Å². The predicted octanol–water partition coefficient (Wildman–Crippen LogP) is 1.24. The number of nitrogens with zero attached hydrogens (tertiary/aromatic N) is 2. The van der Waals surface area contributed by atoms with E-state index in [9.17, 15) is 23.3 Å². The van der Waals surface area contributed by atoms with Crippen molar-refractivity contribution in [3.8, 4) is 5.75 Å². The van der Waals surface area contributed by atoms with Crippen molar-refractivity contribution in [1.82, 2.24) is 4.57 Å². The molecule has 2 rings (SSSR count). The Balaban J connectivity index is 2.24. The molecule has 0 saturated carbocycles. The Morgan fingerprint density at radius 3 is 2.65 bits per heavy atom. The van der Waals surface area contributed by atoms with Crippen molar-refractivity contribution in [1.29, 1.82) is 0 Å². The summed E-state index contributed by atoms with van der Waals surface area (Å²) in [5, 5.41) is 10.7. The van der Waals surface area contributed by atoms with Crippen molar-refractivity contribution in [3.05, 3.63) is 63.1 Å². The molecule has 0 aliphatic rings. The number of rotatable bonds is 6. The Hall–Kier alpha value is -2.68. The highest BCUT2D eigenvalue weighted by atomic mass is 32.2. The van der Waals surface area contributed by atoms with Crippen molar-refractivity contribution >= 4 is 15.5 Å². The van der Waals surface area contributed by atoms with Gasteiger partial charge in [0.15, 0.2) is 9.84 Å². The van der Waals surface area contributed by atoms with Crippen molar-refractivity contribution in [2.24, 2.45) is 0 Å². The van der Waals surface area contributed by atoms with Crippen LogP contribution in [0.2, 0.25) is 0 Å². The second-order valence-corrected chi connectivity index (χ2v) is 6.78. The summed E-state index contributed by atoms with van der Waals surface area (Å²) in [6.07, 6.45) is 1.03. The fourth-order valence-corrected chi connectivity index (χ4v) is 3.19. The number of hydrogen-bond acceptors (Lipinski definition) is 6. The van der Waals surface area contributed by atoms with Gasteiger partial charge in [-0.2, -0.15) is 0 Å². The van der Waals surface area contributed by atoms with E-state index in [0.29, 0.717) is 5.75 Å². The summed E-state index contributed by atoms with van der Waals surface area (Å²) in [5.41, 5.74) is -0.778. The minimum Gasteiger partial charge on any atom is -0.497 e. The fourth-order valence-electron chi connectivity index (χ4n) is 1.93. The summed E-state index contributed by atoms with van der Waals surface area (Å²) in [6.45, 7) is -0.180. The van der Waals surface area contributed by atoms with Gasteiger partial charge in [0, 0.05) is 18.7 Å². The standard InChI is InChI=1S/C14H14N2O6S/c1-22-12-3-2-4-13(9-12)23(20,21)8-7-15-10-11(16(18)19)5-6-14(15)17/h2-6,9-10H,7-8H2,1H3. The number of pyridine rings is 1. The molecule has 0 amide bonds. The molecule has 0 fully saturated rings. The predicted molar refractivity (Wildman–Crippen MR) is 82.4 cm³/mol.